The molecular formula is C21H23N7O2. The van der Waals surface area contributed by atoms with Gasteiger partial charge < -0.3 is 9.64 Å². The molecule has 0 saturated carbocycles. The van der Waals surface area contributed by atoms with E-state index in [-0.39, 0.29) is 17.6 Å². The molecule has 0 aliphatic carbocycles. The summed E-state index contributed by atoms with van der Waals surface area (Å²) in [5, 5.41) is 14.4. The molecule has 0 radical (unpaired) electrons. The Morgan fingerprint density at radius 1 is 1.30 bits per heavy atom. The van der Waals surface area contributed by atoms with Crippen molar-refractivity contribution in [1.29, 1.82) is 5.26 Å². The molecule has 9 nitrogen and oxygen atoms in total. The van der Waals surface area contributed by atoms with Crippen LogP contribution in [0.3, 0.4) is 0 Å². The van der Waals surface area contributed by atoms with Crippen LogP contribution in [-0.2, 0) is 4.79 Å². The van der Waals surface area contributed by atoms with Crippen molar-refractivity contribution in [2.75, 3.05) is 13.1 Å². The van der Waals surface area contributed by atoms with E-state index in [9.17, 15) is 10.1 Å². The van der Waals surface area contributed by atoms with E-state index in [1.54, 1.807) is 18.3 Å². The predicted octanol–water partition coefficient (Wildman–Crippen LogP) is 3.09. The van der Waals surface area contributed by atoms with Crippen LogP contribution in [0.5, 0.6) is 11.6 Å². The molecule has 0 bridgehead atoms. The molecule has 3 aromatic heterocycles. The minimum atomic E-state index is 0.154. The molecule has 154 valence electrons. The number of hydrogen-bond acceptors (Lipinski definition) is 7. The van der Waals surface area contributed by atoms with Gasteiger partial charge >= 0.3 is 0 Å². The predicted molar refractivity (Wildman–Crippen MR) is 109 cm³/mol. The first kappa shape index (κ1) is 19.8. The minimum absolute atomic E-state index is 0.154. The van der Waals surface area contributed by atoms with Gasteiger partial charge in [0.05, 0.1) is 12.2 Å². The Morgan fingerprint density at radius 2 is 2.10 bits per heavy atom. The number of hydrogen-bond donors (Lipinski definition) is 0. The van der Waals surface area contributed by atoms with Crippen LogP contribution in [0.2, 0.25) is 0 Å². The van der Waals surface area contributed by atoms with E-state index in [4.69, 9.17) is 4.74 Å². The fraction of sp³-hybridized carbons (Fsp3) is 0.429. The number of pyridine rings is 1. The van der Waals surface area contributed by atoms with E-state index in [0.717, 1.165) is 12.8 Å². The van der Waals surface area contributed by atoms with E-state index in [1.165, 1.54) is 12.5 Å². The second kappa shape index (κ2) is 8.45. The molecule has 9 heteroatoms. The molecule has 1 aliphatic rings. The van der Waals surface area contributed by atoms with Crippen molar-refractivity contribution in [3.8, 4) is 17.7 Å². The monoisotopic (exact) mass is 405 g/mol. The van der Waals surface area contributed by atoms with E-state index >= 15 is 0 Å². The molecule has 1 fully saturated rings. The summed E-state index contributed by atoms with van der Waals surface area (Å²) in [5.41, 5.74) is 0.865. The summed E-state index contributed by atoms with van der Waals surface area (Å²) >= 11 is 0. The van der Waals surface area contributed by atoms with Crippen molar-refractivity contribution in [2.24, 2.45) is 5.92 Å². The van der Waals surface area contributed by atoms with Crippen LogP contribution in [0.15, 0.2) is 30.9 Å². The second-order valence-corrected chi connectivity index (χ2v) is 7.78. The number of fused-ring (bicyclic) bond motifs is 1. The van der Waals surface area contributed by atoms with Crippen LogP contribution < -0.4 is 4.74 Å². The van der Waals surface area contributed by atoms with Gasteiger partial charge in [0.25, 0.3) is 0 Å². The van der Waals surface area contributed by atoms with Gasteiger partial charge in [-0.15, -0.1) is 0 Å². The van der Waals surface area contributed by atoms with E-state index in [1.807, 2.05) is 15.7 Å². The van der Waals surface area contributed by atoms with Crippen LogP contribution in [-0.4, -0.2) is 48.6 Å². The zero-order valence-electron chi connectivity index (χ0n) is 17.0. The van der Waals surface area contributed by atoms with E-state index < -0.39 is 0 Å². The molecule has 4 heterocycles. The lowest BCUT2D eigenvalue weighted by Crippen LogP contribution is -2.39. The highest BCUT2D eigenvalue weighted by molar-refractivity contribution is 5.80. The second-order valence-electron chi connectivity index (χ2n) is 7.78. The van der Waals surface area contributed by atoms with Crippen LogP contribution in [0.1, 0.15) is 44.8 Å². The number of likely N-dealkylation sites (tertiary alicyclic amines) is 1. The molecule has 1 saturated heterocycles. The van der Waals surface area contributed by atoms with Crippen LogP contribution in [0.25, 0.3) is 11.0 Å². The number of piperidine rings is 1. The summed E-state index contributed by atoms with van der Waals surface area (Å²) in [7, 11) is 0. The average molecular weight is 405 g/mol. The number of amides is 1. The molecule has 0 atom stereocenters. The van der Waals surface area contributed by atoms with Crippen LogP contribution in [0.4, 0.5) is 0 Å². The first-order chi connectivity index (χ1) is 14.6. The fourth-order valence-corrected chi connectivity index (χ4v) is 3.69. The highest BCUT2D eigenvalue weighted by atomic mass is 16.5. The van der Waals surface area contributed by atoms with Crippen molar-refractivity contribution in [3.63, 3.8) is 0 Å². The maximum atomic E-state index is 12.3. The van der Waals surface area contributed by atoms with Gasteiger partial charge in [0.1, 0.15) is 17.8 Å². The maximum Gasteiger partial charge on any atom is 0.233 e. The van der Waals surface area contributed by atoms with Gasteiger partial charge in [-0.3, -0.25) is 4.79 Å². The summed E-state index contributed by atoms with van der Waals surface area (Å²) in [6.45, 7) is 5.55. The largest absolute Gasteiger partial charge is 0.435 e. The quantitative estimate of drug-likeness (QED) is 0.641. The molecular weight excluding hydrogens is 382 g/mol. The van der Waals surface area contributed by atoms with Gasteiger partial charge in [0.2, 0.25) is 11.8 Å². The van der Waals surface area contributed by atoms with Crippen molar-refractivity contribution < 1.29 is 9.53 Å². The maximum absolute atomic E-state index is 12.3. The summed E-state index contributed by atoms with van der Waals surface area (Å²) in [6.07, 6.45) is 6.88. The zero-order chi connectivity index (χ0) is 21.1. The lowest BCUT2D eigenvalue weighted by atomic mass is 10.0. The first-order valence-corrected chi connectivity index (χ1v) is 10.1. The summed E-state index contributed by atoms with van der Waals surface area (Å²) in [4.78, 5) is 26.9. The lowest BCUT2D eigenvalue weighted by Gasteiger charge is -2.32. The Hall–Kier alpha value is -3.54. The Labute approximate surface area is 174 Å². The SMILES string of the molecule is CC(C)CC(=O)N1CCC(n2ncc3c(Oc4cccnc4C#N)ncnc32)CC1. The van der Waals surface area contributed by atoms with Gasteiger partial charge in [-0.1, -0.05) is 13.8 Å². The summed E-state index contributed by atoms with van der Waals surface area (Å²) < 4.78 is 7.75. The number of nitrogens with zero attached hydrogens (tertiary/aromatic N) is 7. The van der Waals surface area contributed by atoms with Crippen molar-refractivity contribution in [2.45, 2.75) is 39.2 Å². The molecule has 4 rings (SSSR count). The van der Waals surface area contributed by atoms with Gasteiger partial charge in [-0.05, 0) is 30.9 Å². The molecule has 1 aliphatic heterocycles. The number of ether oxygens (including phenoxy) is 1. The summed E-state index contributed by atoms with van der Waals surface area (Å²) in [5.74, 6) is 1.25. The van der Waals surface area contributed by atoms with Gasteiger partial charge in [0, 0.05) is 25.7 Å². The lowest BCUT2D eigenvalue weighted by molar-refractivity contribution is -0.133. The normalized spacial score (nSPS) is 14.8. The molecule has 0 N–H and O–H groups in total. The first-order valence-electron chi connectivity index (χ1n) is 10.1. The zero-order valence-corrected chi connectivity index (χ0v) is 17.0. The van der Waals surface area contributed by atoms with Crippen molar-refractivity contribution in [1.82, 2.24) is 29.6 Å². The minimum Gasteiger partial charge on any atom is -0.435 e. The third-order valence-corrected chi connectivity index (χ3v) is 5.18. The molecule has 0 aromatic carbocycles. The Morgan fingerprint density at radius 3 is 2.83 bits per heavy atom. The number of carbonyl (C=O) groups excluding carboxylic acids is 1. The van der Waals surface area contributed by atoms with Crippen LogP contribution >= 0.6 is 0 Å². The van der Waals surface area contributed by atoms with Crippen molar-refractivity contribution >= 4 is 16.9 Å². The summed E-state index contributed by atoms with van der Waals surface area (Å²) in [6, 6.07) is 5.54. The molecule has 1 amide bonds. The topological polar surface area (TPSA) is 110 Å². The molecule has 0 spiro atoms. The Bertz CT molecular complexity index is 1090. The third-order valence-electron chi connectivity index (χ3n) is 5.18. The number of nitriles is 1. The smallest absolute Gasteiger partial charge is 0.233 e. The Kier molecular flexibility index (Phi) is 5.57. The van der Waals surface area contributed by atoms with Gasteiger partial charge in [0.15, 0.2) is 17.1 Å². The molecule has 30 heavy (non-hydrogen) atoms. The molecule has 3 aromatic rings. The van der Waals surface area contributed by atoms with E-state index in [2.05, 4.69) is 33.9 Å². The van der Waals surface area contributed by atoms with Gasteiger partial charge in [-0.2, -0.15) is 10.4 Å². The average Bonchev–Trinajstić information content (AvgIpc) is 3.19. The highest BCUT2D eigenvalue weighted by Crippen LogP contribution is 2.31. The molecule has 0 unspecified atom stereocenters. The number of aromatic nitrogens is 5. The standard InChI is InChI=1S/C21H23N7O2/c1-14(2)10-19(29)27-8-5-15(6-9-27)28-20-16(12-26-28)21(25-13-24-20)30-18-4-3-7-23-17(18)11-22/h3-4,7,12-15H,5-6,8-10H2,1-2H3. The number of rotatable bonds is 5. The highest BCUT2D eigenvalue weighted by Gasteiger charge is 2.26. The number of carbonyl (C=O) groups is 1. The van der Waals surface area contributed by atoms with Crippen molar-refractivity contribution in [3.05, 3.63) is 36.5 Å². The third kappa shape index (κ3) is 3.94. The van der Waals surface area contributed by atoms with Gasteiger partial charge in [-0.25, -0.2) is 19.6 Å². The van der Waals surface area contributed by atoms with E-state index in [0.29, 0.717) is 48.1 Å². The fourth-order valence-electron chi connectivity index (χ4n) is 3.69. The van der Waals surface area contributed by atoms with Crippen LogP contribution in [0, 0.1) is 17.2 Å². The Balaban J connectivity index is 1.53.